The van der Waals surface area contributed by atoms with Gasteiger partial charge in [0.2, 0.25) is 0 Å². The van der Waals surface area contributed by atoms with Gasteiger partial charge in [-0.25, -0.2) is 5.43 Å². The van der Waals surface area contributed by atoms with Crippen molar-refractivity contribution >= 4 is 18.0 Å². The third kappa shape index (κ3) is 7.40. The molecule has 0 radical (unpaired) electrons. The lowest BCUT2D eigenvalue weighted by Gasteiger charge is -2.25. The second-order valence-corrected chi connectivity index (χ2v) is 6.40. The molecule has 0 unspecified atom stereocenters. The van der Waals surface area contributed by atoms with Gasteiger partial charge in [0.25, 0.3) is 11.8 Å². The molecule has 1 aliphatic heterocycles. The lowest BCUT2D eigenvalue weighted by Crippen LogP contribution is -2.42. The Kier molecular flexibility index (Phi) is 7.79. The molecule has 1 fully saturated rings. The summed E-state index contributed by atoms with van der Waals surface area (Å²) in [4.78, 5) is 25.7. The van der Waals surface area contributed by atoms with Crippen molar-refractivity contribution in [2.75, 3.05) is 39.5 Å². The van der Waals surface area contributed by atoms with Crippen molar-refractivity contribution in [1.82, 2.24) is 15.6 Å². The van der Waals surface area contributed by atoms with Gasteiger partial charge in [0.05, 0.1) is 38.8 Å². The average Bonchev–Trinajstić information content (AvgIpc) is 3.26. The number of nitrogens with one attached hydrogen (secondary N) is 2. The van der Waals surface area contributed by atoms with Crippen molar-refractivity contribution in [1.29, 1.82) is 0 Å². The Morgan fingerprint density at radius 1 is 1.14 bits per heavy atom. The van der Waals surface area contributed by atoms with Crippen LogP contribution in [0.25, 0.3) is 0 Å². The number of morpholine rings is 1. The van der Waals surface area contributed by atoms with Crippen molar-refractivity contribution in [3.8, 4) is 5.75 Å². The molecule has 0 aliphatic carbocycles. The third-order valence-corrected chi connectivity index (χ3v) is 4.16. The van der Waals surface area contributed by atoms with Crippen LogP contribution in [0.1, 0.15) is 11.3 Å². The van der Waals surface area contributed by atoms with Crippen LogP contribution in [-0.4, -0.2) is 62.4 Å². The number of carbonyl (C=O) groups is 2. The van der Waals surface area contributed by atoms with Crippen molar-refractivity contribution in [2.45, 2.75) is 6.54 Å². The summed E-state index contributed by atoms with van der Waals surface area (Å²) in [6.07, 6.45) is 3.11. The highest BCUT2D eigenvalue weighted by Gasteiger charge is 2.13. The Balaban J connectivity index is 1.35. The standard InChI is InChI=1S/C20H24N4O5/c25-19(14-24-7-10-27-11-8-24)23-22-12-16-3-5-17(6-4-16)29-15-20(26)21-13-18-2-1-9-28-18/h1-6,9,12H,7-8,10-11,13-15H2,(H,21,26)(H,23,25)/b22-12+. The van der Waals surface area contributed by atoms with Gasteiger partial charge in [-0.15, -0.1) is 0 Å². The number of hydrogen-bond donors (Lipinski definition) is 2. The first-order valence-electron chi connectivity index (χ1n) is 9.33. The number of ether oxygens (including phenoxy) is 2. The van der Waals surface area contributed by atoms with Crippen LogP contribution in [0, 0.1) is 0 Å². The molecule has 3 rings (SSSR count). The van der Waals surface area contributed by atoms with Crippen LogP contribution in [0.4, 0.5) is 0 Å². The number of rotatable bonds is 9. The molecule has 2 amide bonds. The van der Waals surface area contributed by atoms with E-state index >= 15 is 0 Å². The number of hydrogen-bond acceptors (Lipinski definition) is 7. The van der Waals surface area contributed by atoms with E-state index in [1.165, 1.54) is 0 Å². The predicted molar refractivity (Wildman–Crippen MR) is 105 cm³/mol. The fourth-order valence-electron chi connectivity index (χ4n) is 2.63. The van der Waals surface area contributed by atoms with Crippen molar-refractivity contribution in [3.63, 3.8) is 0 Å². The summed E-state index contributed by atoms with van der Waals surface area (Å²) in [5.41, 5.74) is 3.31. The first-order valence-corrected chi connectivity index (χ1v) is 9.33. The van der Waals surface area contributed by atoms with Crippen LogP contribution in [0.2, 0.25) is 0 Å². The molecular weight excluding hydrogens is 376 g/mol. The number of hydrazone groups is 1. The number of furan rings is 1. The number of amides is 2. The largest absolute Gasteiger partial charge is 0.484 e. The van der Waals surface area contributed by atoms with Crippen molar-refractivity contribution in [3.05, 3.63) is 54.0 Å². The summed E-state index contributed by atoms with van der Waals surface area (Å²) in [5.74, 6) is 0.837. The molecule has 0 bridgehead atoms. The summed E-state index contributed by atoms with van der Waals surface area (Å²) in [7, 11) is 0. The second kappa shape index (κ2) is 11.0. The van der Waals surface area contributed by atoms with E-state index < -0.39 is 0 Å². The zero-order chi connectivity index (χ0) is 20.3. The predicted octanol–water partition coefficient (Wildman–Crippen LogP) is 0.757. The van der Waals surface area contributed by atoms with E-state index in [0.29, 0.717) is 37.8 Å². The molecule has 9 nitrogen and oxygen atoms in total. The maximum atomic E-state index is 11.9. The summed E-state index contributed by atoms with van der Waals surface area (Å²) in [6.45, 7) is 3.33. The maximum Gasteiger partial charge on any atom is 0.258 e. The highest BCUT2D eigenvalue weighted by Crippen LogP contribution is 2.11. The molecule has 2 N–H and O–H groups in total. The van der Waals surface area contributed by atoms with Crippen LogP contribution in [-0.2, 0) is 20.9 Å². The van der Waals surface area contributed by atoms with Gasteiger partial charge in [-0.3, -0.25) is 14.5 Å². The quantitative estimate of drug-likeness (QED) is 0.476. The van der Waals surface area contributed by atoms with E-state index in [2.05, 4.69) is 15.8 Å². The molecule has 1 aromatic carbocycles. The van der Waals surface area contributed by atoms with Crippen molar-refractivity contribution in [2.24, 2.45) is 5.10 Å². The molecule has 29 heavy (non-hydrogen) atoms. The number of benzene rings is 1. The van der Waals surface area contributed by atoms with E-state index in [-0.39, 0.29) is 18.4 Å². The van der Waals surface area contributed by atoms with Gasteiger partial charge < -0.3 is 19.2 Å². The zero-order valence-corrected chi connectivity index (χ0v) is 16.0. The monoisotopic (exact) mass is 400 g/mol. The average molecular weight is 400 g/mol. The molecule has 2 aromatic rings. The Hall–Kier alpha value is -3.17. The SMILES string of the molecule is O=C(COc1ccc(/C=N/NC(=O)CN2CCOCC2)cc1)NCc1ccco1. The first kappa shape index (κ1) is 20.6. The highest BCUT2D eigenvalue weighted by molar-refractivity contribution is 5.83. The molecular formula is C20H24N4O5. The van der Waals surface area contributed by atoms with Gasteiger partial charge >= 0.3 is 0 Å². The molecule has 1 saturated heterocycles. The number of carbonyl (C=O) groups excluding carboxylic acids is 2. The Labute approximate surface area is 168 Å². The van der Waals surface area contributed by atoms with E-state index in [1.54, 1.807) is 48.9 Å². The van der Waals surface area contributed by atoms with Crippen LogP contribution >= 0.6 is 0 Å². The fourth-order valence-corrected chi connectivity index (χ4v) is 2.63. The lowest BCUT2D eigenvalue weighted by molar-refractivity contribution is -0.124. The van der Waals surface area contributed by atoms with Gasteiger partial charge in [-0.05, 0) is 42.0 Å². The van der Waals surface area contributed by atoms with E-state index in [0.717, 1.165) is 18.7 Å². The van der Waals surface area contributed by atoms with Gasteiger partial charge in [0.1, 0.15) is 11.5 Å². The Morgan fingerprint density at radius 2 is 1.93 bits per heavy atom. The molecule has 1 aromatic heterocycles. The maximum absolute atomic E-state index is 11.9. The Bertz CT molecular complexity index is 799. The number of nitrogens with zero attached hydrogens (tertiary/aromatic N) is 2. The summed E-state index contributed by atoms with van der Waals surface area (Å²) in [5, 5.41) is 6.67. The van der Waals surface area contributed by atoms with E-state index in [1.807, 2.05) is 4.90 Å². The molecule has 0 spiro atoms. The summed E-state index contributed by atoms with van der Waals surface area (Å²) in [6, 6.07) is 10.6. The van der Waals surface area contributed by atoms with Gasteiger partial charge in [0.15, 0.2) is 6.61 Å². The molecule has 154 valence electrons. The molecule has 0 atom stereocenters. The zero-order valence-electron chi connectivity index (χ0n) is 16.0. The van der Waals surface area contributed by atoms with E-state index in [9.17, 15) is 9.59 Å². The van der Waals surface area contributed by atoms with Crippen LogP contribution in [0.3, 0.4) is 0 Å². The third-order valence-electron chi connectivity index (χ3n) is 4.16. The summed E-state index contributed by atoms with van der Waals surface area (Å²) < 4.78 is 15.8. The van der Waals surface area contributed by atoms with E-state index in [4.69, 9.17) is 13.9 Å². The van der Waals surface area contributed by atoms with Gasteiger partial charge in [-0.1, -0.05) is 0 Å². The second-order valence-electron chi connectivity index (χ2n) is 6.40. The van der Waals surface area contributed by atoms with Gasteiger partial charge in [0, 0.05) is 13.1 Å². The van der Waals surface area contributed by atoms with Crippen LogP contribution in [0.15, 0.2) is 52.2 Å². The normalized spacial score (nSPS) is 14.6. The van der Waals surface area contributed by atoms with Crippen LogP contribution < -0.4 is 15.5 Å². The molecule has 2 heterocycles. The minimum atomic E-state index is -0.241. The fraction of sp³-hybridized carbons (Fsp3) is 0.350. The lowest BCUT2D eigenvalue weighted by atomic mass is 10.2. The Morgan fingerprint density at radius 3 is 2.66 bits per heavy atom. The topological polar surface area (TPSA) is 105 Å². The summed E-state index contributed by atoms with van der Waals surface area (Å²) >= 11 is 0. The van der Waals surface area contributed by atoms with Crippen LogP contribution in [0.5, 0.6) is 5.75 Å². The molecule has 1 aliphatic rings. The molecule has 0 saturated carbocycles. The van der Waals surface area contributed by atoms with Gasteiger partial charge in [-0.2, -0.15) is 5.10 Å². The molecule has 9 heteroatoms. The minimum absolute atomic E-state index is 0.0915. The first-order chi connectivity index (χ1) is 14.2. The van der Waals surface area contributed by atoms with Crippen molar-refractivity contribution < 1.29 is 23.5 Å². The highest BCUT2D eigenvalue weighted by atomic mass is 16.5. The smallest absolute Gasteiger partial charge is 0.258 e. The minimum Gasteiger partial charge on any atom is -0.484 e.